The third kappa shape index (κ3) is 20.8. The second-order valence-electron chi connectivity index (χ2n) is 9.62. The van der Waals surface area contributed by atoms with E-state index in [1.54, 1.807) is 13.8 Å². The summed E-state index contributed by atoms with van der Waals surface area (Å²) < 4.78 is 6.41. The highest BCUT2D eigenvalue weighted by atomic mass is 35.5. The lowest BCUT2D eigenvalue weighted by molar-refractivity contribution is -0.0574. The van der Waals surface area contributed by atoms with E-state index in [0.717, 1.165) is 38.5 Å². The molecule has 0 radical (unpaired) electrons. The number of aliphatic hydroxyl groups is 2. The van der Waals surface area contributed by atoms with Gasteiger partial charge in [-0.15, -0.1) is 23.2 Å². The van der Waals surface area contributed by atoms with Crippen LogP contribution in [0.25, 0.3) is 0 Å². The Morgan fingerprint density at radius 2 is 0.935 bits per heavy atom. The summed E-state index contributed by atoms with van der Waals surface area (Å²) >= 11 is 13.3. The Morgan fingerprint density at radius 3 is 1.26 bits per heavy atom. The third-order valence-corrected chi connectivity index (χ3v) is 6.66. The molecule has 2 N–H and O–H groups in total. The lowest BCUT2D eigenvalue weighted by Crippen LogP contribution is -2.31. The highest BCUT2D eigenvalue weighted by Gasteiger charge is 2.24. The van der Waals surface area contributed by atoms with Gasteiger partial charge in [-0.1, -0.05) is 78.1 Å². The number of hydrogen-bond acceptors (Lipinski definition) is 3. The average Bonchev–Trinajstić information content (AvgIpc) is 2.66. The maximum atomic E-state index is 9.97. The molecular formula is C26H52Cl2O3. The highest BCUT2D eigenvalue weighted by molar-refractivity contribution is 6.20. The van der Waals surface area contributed by atoms with Gasteiger partial charge < -0.3 is 14.9 Å². The van der Waals surface area contributed by atoms with Gasteiger partial charge in [-0.05, 0) is 52.4 Å². The molecule has 6 unspecified atom stereocenters. The van der Waals surface area contributed by atoms with Crippen molar-refractivity contribution in [3.05, 3.63) is 0 Å². The van der Waals surface area contributed by atoms with Crippen LogP contribution in [0.3, 0.4) is 0 Å². The minimum absolute atomic E-state index is 0.0583. The van der Waals surface area contributed by atoms with Gasteiger partial charge in [0.25, 0.3) is 0 Å². The van der Waals surface area contributed by atoms with Gasteiger partial charge in [0.05, 0.1) is 24.4 Å². The van der Waals surface area contributed by atoms with Crippen molar-refractivity contribution >= 4 is 23.2 Å². The first-order chi connectivity index (χ1) is 14.8. The Hall–Kier alpha value is 0.460. The van der Waals surface area contributed by atoms with Gasteiger partial charge in [-0.3, -0.25) is 0 Å². The van der Waals surface area contributed by atoms with Crippen LogP contribution in [-0.4, -0.2) is 45.4 Å². The summed E-state index contributed by atoms with van der Waals surface area (Å²) in [6, 6.07) is 0. The van der Waals surface area contributed by atoms with Gasteiger partial charge in [0.1, 0.15) is 0 Å². The van der Waals surface area contributed by atoms with E-state index in [9.17, 15) is 10.2 Å². The molecule has 5 heteroatoms. The number of rotatable bonds is 22. The summed E-state index contributed by atoms with van der Waals surface area (Å²) in [5.74, 6) is 0. The van der Waals surface area contributed by atoms with Crippen molar-refractivity contribution in [2.45, 2.75) is 166 Å². The molecular weight excluding hydrogens is 431 g/mol. The molecule has 0 aromatic heterocycles. The number of halogens is 2. The standard InChI is InChI=1S/C26H52Cl2O3/c1-5-7-9-11-13-15-23(27)19-25(17-21(3)29)31-26(18-22(4)30)20-24(28)16-14-12-10-8-6-2/h21-26,29-30H,5-20H2,1-4H3. The highest BCUT2D eigenvalue weighted by Crippen LogP contribution is 2.25. The van der Waals surface area contributed by atoms with Crippen LogP contribution in [0.4, 0.5) is 0 Å². The average molecular weight is 484 g/mol. The zero-order valence-electron chi connectivity index (χ0n) is 20.8. The van der Waals surface area contributed by atoms with Crippen LogP contribution in [0, 0.1) is 0 Å². The van der Waals surface area contributed by atoms with Gasteiger partial charge in [0, 0.05) is 10.8 Å². The molecule has 31 heavy (non-hydrogen) atoms. The first-order valence-electron chi connectivity index (χ1n) is 13.1. The van der Waals surface area contributed by atoms with Crippen LogP contribution in [0.2, 0.25) is 0 Å². The number of ether oxygens (including phenoxy) is 1. The minimum Gasteiger partial charge on any atom is -0.393 e. The predicted octanol–water partition coefficient (Wildman–Crippen LogP) is 8.00. The van der Waals surface area contributed by atoms with E-state index in [2.05, 4.69) is 13.8 Å². The van der Waals surface area contributed by atoms with Gasteiger partial charge in [-0.25, -0.2) is 0 Å². The molecule has 0 aromatic rings. The molecule has 0 spiro atoms. The summed E-state index contributed by atoms with van der Waals surface area (Å²) in [5.41, 5.74) is 0. The molecule has 0 amide bonds. The van der Waals surface area contributed by atoms with E-state index in [1.807, 2.05) is 0 Å². The van der Waals surface area contributed by atoms with Crippen LogP contribution in [-0.2, 0) is 4.74 Å². The van der Waals surface area contributed by atoms with Crippen LogP contribution >= 0.6 is 23.2 Å². The Balaban J connectivity index is 4.62. The van der Waals surface area contributed by atoms with Crippen LogP contribution in [0.15, 0.2) is 0 Å². The largest absolute Gasteiger partial charge is 0.393 e. The van der Waals surface area contributed by atoms with Crippen molar-refractivity contribution in [1.82, 2.24) is 0 Å². The van der Waals surface area contributed by atoms with E-state index in [4.69, 9.17) is 27.9 Å². The first-order valence-corrected chi connectivity index (χ1v) is 13.9. The Labute approximate surface area is 203 Å². The SMILES string of the molecule is CCCCCCCC(Cl)CC(CC(C)O)OC(CC(C)O)CC(Cl)CCCCCCC. The Morgan fingerprint density at radius 1 is 0.581 bits per heavy atom. The maximum absolute atomic E-state index is 9.97. The predicted molar refractivity (Wildman–Crippen MR) is 137 cm³/mol. The summed E-state index contributed by atoms with van der Waals surface area (Å²) in [5, 5.41) is 20.1. The second kappa shape index (κ2) is 21.0. The fourth-order valence-electron chi connectivity index (χ4n) is 4.19. The molecule has 0 fully saturated rings. The molecule has 0 aliphatic heterocycles. The van der Waals surface area contributed by atoms with Gasteiger partial charge in [-0.2, -0.15) is 0 Å². The van der Waals surface area contributed by atoms with Crippen molar-refractivity contribution in [2.75, 3.05) is 0 Å². The number of unbranched alkanes of at least 4 members (excludes halogenated alkanes) is 8. The quantitative estimate of drug-likeness (QED) is 0.121. The summed E-state index contributed by atoms with van der Waals surface area (Å²) in [6.07, 6.45) is 15.9. The summed E-state index contributed by atoms with van der Waals surface area (Å²) in [7, 11) is 0. The lowest BCUT2D eigenvalue weighted by Gasteiger charge is -2.29. The molecule has 0 aromatic carbocycles. The van der Waals surface area contributed by atoms with Crippen LogP contribution < -0.4 is 0 Å². The van der Waals surface area contributed by atoms with E-state index in [1.165, 1.54) is 51.4 Å². The van der Waals surface area contributed by atoms with Crippen molar-refractivity contribution in [2.24, 2.45) is 0 Å². The zero-order chi connectivity index (χ0) is 23.5. The number of aliphatic hydroxyl groups excluding tert-OH is 2. The Bertz CT molecular complexity index is 346. The van der Waals surface area contributed by atoms with Crippen molar-refractivity contribution in [3.63, 3.8) is 0 Å². The fourth-order valence-corrected chi connectivity index (χ4v) is 4.90. The molecule has 0 heterocycles. The van der Waals surface area contributed by atoms with Crippen molar-refractivity contribution < 1.29 is 14.9 Å². The summed E-state index contributed by atoms with van der Waals surface area (Å²) in [6.45, 7) is 8.05. The molecule has 0 saturated heterocycles. The van der Waals surface area contributed by atoms with Gasteiger partial charge >= 0.3 is 0 Å². The van der Waals surface area contributed by atoms with E-state index < -0.39 is 12.2 Å². The van der Waals surface area contributed by atoms with Crippen LogP contribution in [0.1, 0.15) is 130 Å². The first kappa shape index (κ1) is 31.5. The lowest BCUT2D eigenvalue weighted by atomic mass is 10.00. The van der Waals surface area contributed by atoms with E-state index in [-0.39, 0.29) is 23.0 Å². The van der Waals surface area contributed by atoms with E-state index in [0.29, 0.717) is 12.8 Å². The Kier molecular flexibility index (Phi) is 21.3. The molecule has 6 atom stereocenters. The third-order valence-electron chi connectivity index (χ3n) is 5.87. The smallest absolute Gasteiger partial charge is 0.0617 e. The van der Waals surface area contributed by atoms with Crippen molar-refractivity contribution in [1.29, 1.82) is 0 Å². The normalized spacial score (nSPS) is 17.8. The molecule has 0 rings (SSSR count). The van der Waals surface area contributed by atoms with Gasteiger partial charge in [0.15, 0.2) is 0 Å². The molecule has 0 bridgehead atoms. The number of alkyl halides is 2. The molecule has 0 saturated carbocycles. The molecule has 0 aliphatic carbocycles. The number of hydrogen-bond donors (Lipinski definition) is 2. The molecule has 0 aliphatic rings. The summed E-state index contributed by atoms with van der Waals surface area (Å²) in [4.78, 5) is 0. The maximum Gasteiger partial charge on any atom is 0.0617 e. The van der Waals surface area contributed by atoms with Crippen LogP contribution in [0.5, 0.6) is 0 Å². The zero-order valence-corrected chi connectivity index (χ0v) is 22.3. The topological polar surface area (TPSA) is 49.7 Å². The fraction of sp³-hybridized carbons (Fsp3) is 1.00. The molecule has 3 nitrogen and oxygen atoms in total. The van der Waals surface area contributed by atoms with Crippen molar-refractivity contribution in [3.8, 4) is 0 Å². The molecule has 188 valence electrons. The monoisotopic (exact) mass is 482 g/mol. The van der Waals surface area contributed by atoms with Gasteiger partial charge in [0.2, 0.25) is 0 Å². The second-order valence-corrected chi connectivity index (χ2v) is 10.9. The van der Waals surface area contributed by atoms with E-state index >= 15 is 0 Å². The minimum atomic E-state index is -0.434.